The highest BCUT2D eigenvalue weighted by atomic mass is 16.7. The minimum Gasteiger partial charge on any atom is -0.445 e. The second kappa shape index (κ2) is 17.5. The van der Waals surface area contributed by atoms with E-state index in [4.69, 9.17) is 14.2 Å². The van der Waals surface area contributed by atoms with E-state index in [0.29, 0.717) is 13.1 Å². The van der Waals surface area contributed by atoms with E-state index in [0.717, 1.165) is 63.4 Å². The van der Waals surface area contributed by atoms with Gasteiger partial charge in [-0.15, -0.1) is 0 Å². The number of hydrogen-bond donors (Lipinski definition) is 1. The molecule has 1 aromatic carbocycles. The van der Waals surface area contributed by atoms with Crippen LogP contribution in [0.1, 0.15) is 122 Å². The molecule has 4 aliphatic rings. The summed E-state index contributed by atoms with van der Waals surface area (Å²) in [6.07, 6.45) is 18.8. The number of carbonyl (C=O) groups is 3. The maximum Gasteiger partial charge on any atom is 0.407 e. The zero-order valence-corrected chi connectivity index (χ0v) is 27.5. The predicted octanol–water partition coefficient (Wildman–Crippen LogP) is 7.54. The topological polar surface area (TPSA) is 94.2 Å². The Morgan fingerprint density at radius 1 is 0.778 bits per heavy atom. The largest absolute Gasteiger partial charge is 0.445 e. The predicted molar refractivity (Wildman–Crippen MR) is 173 cm³/mol. The number of amides is 3. The van der Waals surface area contributed by atoms with Crippen LogP contribution in [0.25, 0.3) is 0 Å². The van der Waals surface area contributed by atoms with E-state index in [-0.39, 0.29) is 66.7 Å². The molecule has 3 amide bonds. The van der Waals surface area contributed by atoms with E-state index in [1.54, 1.807) is 4.90 Å². The molecule has 8 nitrogen and oxygen atoms in total. The molecule has 0 aromatic heterocycles. The number of alkyl carbamates (subject to hydrolysis) is 1. The van der Waals surface area contributed by atoms with Crippen LogP contribution in [0.4, 0.5) is 4.79 Å². The van der Waals surface area contributed by atoms with Gasteiger partial charge >= 0.3 is 6.09 Å². The molecule has 45 heavy (non-hydrogen) atoms. The quantitative estimate of drug-likeness (QED) is 0.112. The zero-order chi connectivity index (χ0) is 31.4. The molecule has 7 atom stereocenters. The summed E-state index contributed by atoms with van der Waals surface area (Å²) in [4.78, 5) is 40.2. The Labute approximate surface area is 270 Å². The van der Waals surface area contributed by atoms with Crippen molar-refractivity contribution in [1.29, 1.82) is 0 Å². The highest BCUT2D eigenvalue weighted by molar-refractivity contribution is 6.06. The fourth-order valence-electron chi connectivity index (χ4n) is 8.23. The number of fused-ring (bicyclic) bond motifs is 8. The molecule has 2 aliphatic carbocycles. The molecule has 0 radical (unpaired) electrons. The van der Waals surface area contributed by atoms with Gasteiger partial charge in [0.05, 0.1) is 24.0 Å². The first-order valence-corrected chi connectivity index (χ1v) is 18.2. The summed E-state index contributed by atoms with van der Waals surface area (Å²) in [6, 6.07) is 9.65. The number of nitrogens with one attached hydrogen (secondary N) is 1. The van der Waals surface area contributed by atoms with E-state index < -0.39 is 0 Å². The molecular formula is C37H56N2O6. The number of unbranched alkanes of at least 4 members (excludes halogenated alkanes) is 13. The first kappa shape index (κ1) is 33.9. The monoisotopic (exact) mass is 624 g/mol. The van der Waals surface area contributed by atoms with Crippen molar-refractivity contribution in [3.8, 4) is 0 Å². The number of benzene rings is 1. The Bertz CT molecular complexity index is 1050. The highest BCUT2D eigenvalue weighted by Gasteiger charge is 2.69. The van der Waals surface area contributed by atoms with Gasteiger partial charge in [0.1, 0.15) is 6.61 Å². The van der Waals surface area contributed by atoms with Crippen LogP contribution in [0.5, 0.6) is 0 Å². The van der Waals surface area contributed by atoms with Gasteiger partial charge in [-0.05, 0) is 37.7 Å². The molecule has 2 saturated carbocycles. The van der Waals surface area contributed by atoms with Gasteiger partial charge in [0, 0.05) is 24.9 Å². The van der Waals surface area contributed by atoms with E-state index in [2.05, 4.69) is 12.2 Å². The number of hydrogen-bond acceptors (Lipinski definition) is 6. The van der Waals surface area contributed by atoms with Crippen molar-refractivity contribution < 1.29 is 28.6 Å². The average Bonchev–Trinajstić information content (AvgIpc) is 3.79. The lowest BCUT2D eigenvalue weighted by molar-refractivity contribution is -0.142. The third kappa shape index (κ3) is 8.88. The van der Waals surface area contributed by atoms with E-state index in [1.807, 2.05) is 30.3 Å². The van der Waals surface area contributed by atoms with Crippen molar-refractivity contribution in [2.75, 3.05) is 13.1 Å². The minimum atomic E-state index is -0.382. The van der Waals surface area contributed by atoms with Gasteiger partial charge in [-0.1, -0.05) is 114 Å². The summed E-state index contributed by atoms with van der Waals surface area (Å²) in [5, 5.41) is 2.81. The normalized spacial score (nSPS) is 28.1. The summed E-state index contributed by atoms with van der Waals surface area (Å²) in [7, 11) is 0. The van der Waals surface area contributed by atoms with E-state index in [9.17, 15) is 14.4 Å². The second-order valence-corrected chi connectivity index (χ2v) is 13.8. The SMILES string of the molecule is CCCCCCCCCCCC1O[C@@H]2[C@@H]3C[C@H]([C@@H]2O1)[C@@H]1C(=O)N(CCCCCCCCNC(=O)OCc2ccccc2)C(=O)[C@H]31. The van der Waals surface area contributed by atoms with Crippen LogP contribution in [0.3, 0.4) is 0 Å². The average molecular weight is 625 g/mol. The van der Waals surface area contributed by atoms with Gasteiger partial charge in [0.2, 0.25) is 11.8 Å². The molecular weight excluding hydrogens is 568 g/mol. The second-order valence-electron chi connectivity index (χ2n) is 13.8. The summed E-state index contributed by atoms with van der Waals surface area (Å²) in [6.45, 7) is 3.66. The van der Waals surface area contributed by atoms with Crippen molar-refractivity contribution in [3.05, 3.63) is 35.9 Å². The van der Waals surface area contributed by atoms with Crippen molar-refractivity contribution in [3.63, 3.8) is 0 Å². The van der Waals surface area contributed by atoms with Gasteiger partial charge in [-0.2, -0.15) is 0 Å². The Kier molecular flexibility index (Phi) is 13.2. The van der Waals surface area contributed by atoms with Gasteiger partial charge in [-0.25, -0.2) is 4.79 Å². The number of carbonyl (C=O) groups excluding carboxylic acids is 3. The molecule has 1 aromatic rings. The Morgan fingerprint density at radius 2 is 1.33 bits per heavy atom. The number of nitrogens with zero attached hydrogens (tertiary/aromatic N) is 1. The van der Waals surface area contributed by atoms with Gasteiger partial charge in [0.15, 0.2) is 6.29 Å². The summed E-state index contributed by atoms with van der Waals surface area (Å²) >= 11 is 0. The molecule has 0 spiro atoms. The van der Waals surface area contributed by atoms with Crippen LogP contribution in [-0.2, 0) is 30.4 Å². The molecule has 8 heteroatoms. The van der Waals surface area contributed by atoms with Gasteiger partial charge in [0.25, 0.3) is 0 Å². The third-order valence-corrected chi connectivity index (χ3v) is 10.6. The van der Waals surface area contributed by atoms with Crippen molar-refractivity contribution >= 4 is 17.9 Å². The van der Waals surface area contributed by atoms with E-state index in [1.165, 1.54) is 51.4 Å². The molecule has 2 bridgehead atoms. The van der Waals surface area contributed by atoms with Crippen LogP contribution >= 0.6 is 0 Å². The molecule has 2 saturated heterocycles. The number of imide groups is 1. The fraction of sp³-hybridized carbons (Fsp3) is 0.757. The molecule has 250 valence electrons. The first-order valence-electron chi connectivity index (χ1n) is 18.2. The smallest absolute Gasteiger partial charge is 0.407 e. The van der Waals surface area contributed by atoms with E-state index >= 15 is 0 Å². The molecule has 4 fully saturated rings. The van der Waals surface area contributed by atoms with Crippen molar-refractivity contribution in [2.24, 2.45) is 23.7 Å². The van der Waals surface area contributed by atoms with Crippen LogP contribution in [0.15, 0.2) is 30.3 Å². The van der Waals surface area contributed by atoms with Crippen LogP contribution in [-0.4, -0.2) is 54.4 Å². The van der Waals surface area contributed by atoms with Crippen LogP contribution < -0.4 is 5.32 Å². The first-order chi connectivity index (χ1) is 22.1. The summed E-state index contributed by atoms with van der Waals surface area (Å²) < 4.78 is 18.0. The molecule has 2 heterocycles. The van der Waals surface area contributed by atoms with Gasteiger partial charge < -0.3 is 19.5 Å². The summed E-state index contributed by atoms with van der Waals surface area (Å²) in [5.74, 6) is -0.0803. The van der Waals surface area contributed by atoms with Crippen LogP contribution in [0, 0.1) is 23.7 Å². The standard InChI is InChI=1S/C37H56N2O6/c1-2-3-4-5-6-7-8-11-17-22-30-44-33-28-25-29(34(33)45-30)32-31(28)35(40)39(36(32)41)24-19-13-10-9-12-18-23-38-37(42)43-26-27-20-15-14-16-21-27/h14-16,20-21,28-34H,2-13,17-19,22-26H2,1H3,(H,38,42)/t28-,29+,30?,31-,32+,33-,34+. The maximum atomic E-state index is 13.4. The zero-order valence-electron chi connectivity index (χ0n) is 27.5. The third-order valence-electron chi connectivity index (χ3n) is 10.6. The number of ether oxygens (including phenoxy) is 3. The lowest BCUT2D eigenvalue weighted by Gasteiger charge is -2.28. The Morgan fingerprint density at radius 3 is 1.96 bits per heavy atom. The molecule has 5 rings (SSSR count). The van der Waals surface area contributed by atoms with Crippen LogP contribution in [0.2, 0.25) is 0 Å². The minimum absolute atomic E-state index is 0.0169. The molecule has 1 unspecified atom stereocenters. The van der Waals surface area contributed by atoms with Crippen molar-refractivity contribution in [2.45, 2.75) is 141 Å². The van der Waals surface area contributed by atoms with Gasteiger partial charge in [-0.3, -0.25) is 14.5 Å². The Hall–Kier alpha value is -2.45. The highest BCUT2D eigenvalue weighted by Crippen LogP contribution is 2.60. The fourth-order valence-corrected chi connectivity index (χ4v) is 8.23. The maximum absolute atomic E-state index is 13.4. The Balaban J connectivity index is 0.905. The summed E-state index contributed by atoms with van der Waals surface area (Å²) in [5.41, 5.74) is 0.971. The molecule has 2 aliphatic heterocycles. The van der Waals surface area contributed by atoms with Crippen molar-refractivity contribution in [1.82, 2.24) is 10.2 Å². The molecule has 1 N–H and O–H groups in total. The number of rotatable bonds is 21. The number of likely N-dealkylation sites (tertiary alicyclic amines) is 1. The lowest BCUT2D eigenvalue weighted by Crippen LogP contribution is -2.41. The lowest BCUT2D eigenvalue weighted by atomic mass is 9.78.